The van der Waals surface area contributed by atoms with Gasteiger partial charge in [-0.05, 0) is 82.8 Å². The Morgan fingerprint density at radius 3 is 2.32 bits per heavy atom. The van der Waals surface area contributed by atoms with Crippen LogP contribution >= 0.6 is 46.4 Å². The summed E-state index contributed by atoms with van der Waals surface area (Å²) in [5.41, 5.74) is 1.10. The Hall–Kier alpha value is -2.17. The van der Waals surface area contributed by atoms with Crippen molar-refractivity contribution in [2.45, 2.75) is 0 Å². The Kier molecular flexibility index (Phi) is 6.21. The van der Waals surface area contributed by atoms with Crippen molar-refractivity contribution in [1.29, 1.82) is 0 Å². The molecule has 1 fully saturated rings. The van der Waals surface area contributed by atoms with Gasteiger partial charge in [0, 0.05) is 8.59 Å². The summed E-state index contributed by atoms with van der Waals surface area (Å²) in [5.74, 6) is -0.0478. The van der Waals surface area contributed by atoms with Crippen LogP contribution < -0.4 is 19.7 Å². The molecule has 9 heteroatoms. The molecule has 0 spiro atoms. The summed E-state index contributed by atoms with van der Waals surface area (Å²) in [4.78, 5) is 26.7. The molecule has 144 valence electrons. The molecule has 0 saturated carbocycles. The zero-order valence-electron chi connectivity index (χ0n) is 14.8. The van der Waals surface area contributed by atoms with Gasteiger partial charge in [0.1, 0.15) is 5.57 Å². The normalized spacial score (nSPS) is 15.6. The molecule has 2 aromatic carbocycles. The van der Waals surface area contributed by atoms with Gasteiger partial charge < -0.3 is 9.47 Å². The molecule has 2 amide bonds. The number of anilines is 1. The van der Waals surface area contributed by atoms with Gasteiger partial charge in [-0.15, -0.1) is 0 Å². The van der Waals surface area contributed by atoms with E-state index in [1.165, 1.54) is 25.2 Å². The van der Waals surface area contributed by atoms with Gasteiger partial charge in [0.05, 0.1) is 19.9 Å². The van der Waals surface area contributed by atoms with Gasteiger partial charge >= 0.3 is 0 Å². The number of nitrogens with zero attached hydrogens (tertiary/aromatic N) is 1. The molecule has 1 aliphatic rings. The smallest absolute Gasteiger partial charge is 0.270 e. The minimum Gasteiger partial charge on any atom is -0.493 e. The first kappa shape index (κ1) is 20.6. The van der Waals surface area contributed by atoms with E-state index in [-0.39, 0.29) is 10.7 Å². The number of ether oxygens (including phenoxy) is 2. The Balaban J connectivity index is 2.05. The van der Waals surface area contributed by atoms with Crippen molar-refractivity contribution in [2.24, 2.45) is 0 Å². The molecule has 1 heterocycles. The lowest BCUT2D eigenvalue weighted by Crippen LogP contribution is -2.54. The van der Waals surface area contributed by atoms with E-state index < -0.39 is 11.8 Å². The highest BCUT2D eigenvalue weighted by Crippen LogP contribution is 2.33. The third-order valence-electron chi connectivity index (χ3n) is 3.99. The summed E-state index contributed by atoms with van der Waals surface area (Å²) in [6.45, 7) is 0. The highest BCUT2D eigenvalue weighted by Gasteiger charge is 2.34. The van der Waals surface area contributed by atoms with Crippen molar-refractivity contribution in [1.82, 2.24) is 5.32 Å². The largest absolute Gasteiger partial charge is 0.493 e. The summed E-state index contributed by atoms with van der Waals surface area (Å²) in [6, 6.07) is 10.1. The van der Waals surface area contributed by atoms with Crippen molar-refractivity contribution in [3.63, 3.8) is 0 Å². The molecule has 0 unspecified atom stereocenters. The minimum absolute atomic E-state index is 0.0106. The van der Waals surface area contributed by atoms with E-state index in [1.807, 2.05) is 0 Å². The topological polar surface area (TPSA) is 67.9 Å². The summed E-state index contributed by atoms with van der Waals surface area (Å²) >= 11 is 13.2. The first-order chi connectivity index (χ1) is 13.3. The first-order valence-corrected chi connectivity index (χ1v) is 9.80. The maximum atomic E-state index is 13.0. The number of amides is 2. The van der Waals surface area contributed by atoms with Crippen molar-refractivity contribution in [3.8, 4) is 11.5 Å². The Morgan fingerprint density at radius 1 is 1.11 bits per heavy atom. The zero-order chi connectivity index (χ0) is 20.4. The molecular formula is C19H14ClIN2O4S. The van der Waals surface area contributed by atoms with Gasteiger partial charge in [-0.3, -0.25) is 19.8 Å². The number of methoxy groups -OCH3 is 2. The van der Waals surface area contributed by atoms with E-state index in [0.717, 1.165) is 3.57 Å². The van der Waals surface area contributed by atoms with Gasteiger partial charge in [0.25, 0.3) is 11.8 Å². The predicted octanol–water partition coefficient (Wildman–Crippen LogP) is 3.79. The van der Waals surface area contributed by atoms with Crippen molar-refractivity contribution in [3.05, 3.63) is 56.1 Å². The number of benzene rings is 2. The highest BCUT2D eigenvalue weighted by molar-refractivity contribution is 14.1. The SMILES string of the molecule is COc1cc(I)c(/C=C2\C(=O)NC(=S)N(c3ccc(Cl)cc3)C2=O)cc1OC. The first-order valence-electron chi connectivity index (χ1n) is 7.94. The number of nitrogens with one attached hydrogen (secondary N) is 1. The number of halogens is 2. The lowest BCUT2D eigenvalue weighted by atomic mass is 10.1. The molecule has 28 heavy (non-hydrogen) atoms. The maximum absolute atomic E-state index is 13.0. The summed E-state index contributed by atoms with van der Waals surface area (Å²) in [5, 5.41) is 3.09. The summed E-state index contributed by atoms with van der Waals surface area (Å²) < 4.78 is 11.4. The molecule has 0 atom stereocenters. The highest BCUT2D eigenvalue weighted by atomic mass is 127. The van der Waals surface area contributed by atoms with Crippen LogP contribution in [0.1, 0.15) is 5.56 Å². The monoisotopic (exact) mass is 528 g/mol. The van der Waals surface area contributed by atoms with E-state index in [2.05, 4.69) is 27.9 Å². The molecule has 0 radical (unpaired) electrons. The third-order valence-corrected chi connectivity index (χ3v) is 5.46. The van der Waals surface area contributed by atoms with E-state index in [1.54, 1.807) is 36.4 Å². The van der Waals surface area contributed by atoms with Crippen LogP contribution in [-0.4, -0.2) is 31.1 Å². The number of carbonyl (C=O) groups is 2. The van der Waals surface area contributed by atoms with Crippen LogP contribution in [0.2, 0.25) is 5.02 Å². The fraction of sp³-hybridized carbons (Fsp3) is 0.105. The Bertz CT molecular complexity index is 1010. The average Bonchev–Trinajstić information content (AvgIpc) is 2.67. The molecule has 1 N–H and O–H groups in total. The van der Waals surface area contributed by atoms with Crippen molar-refractivity contribution in [2.75, 3.05) is 19.1 Å². The van der Waals surface area contributed by atoms with E-state index >= 15 is 0 Å². The van der Waals surface area contributed by atoms with Gasteiger partial charge in [0.2, 0.25) is 0 Å². The molecule has 1 aliphatic heterocycles. The van der Waals surface area contributed by atoms with E-state index in [4.69, 9.17) is 33.3 Å². The van der Waals surface area contributed by atoms with Crippen LogP contribution in [0, 0.1) is 3.57 Å². The maximum Gasteiger partial charge on any atom is 0.270 e. The predicted molar refractivity (Wildman–Crippen MR) is 120 cm³/mol. The van der Waals surface area contributed by atoms with Crippen LogP contribution in [0.15, 0.2) is 42.0 Å². The second kappa shape index (κ2) is 8.46. The Morgan fingerprint density at radius 2 is 1.71 bits per heavy atom. The number of hydrogen-bond acceptors (Lipinski definition) is 5. The summed E-state index contributed by atoms with van der Waals surface area (Å²) in [7, 11) is 3.05. The molecule has 6 nitrogen and oxygen atoms in total. The lowest BCUT2D eigenvalue weighted by molar-refractivity contribution is -0.122. The molecule has 0 bridgehead atoms. The summed E-state index contributed by atoms with van der Waals surface area (Å²) in [6.07, 6.45) is 1.51. The zero-order valence-corrected chi connectivity index (χ0v) is 18.5. The molecule has 3 rings (SSSR count). The lowest BCUT2D eigenvalue weighted by Gasteiger charge is -2.29. The van der Waals surface area contributed by atoms with Crippen LogP contribution in [0.25, 0.3) is 6.08 Å². The number of rotatable bonds is 4. The molecule has 0 aliphatic carbocycles. The van der Waals surface area contributed by atoms with Crippen molar-refractivity contribution >= 4 is 75.1 Å². The fourth-order valence-corrected chi connectivity index (χ4v) is 3.62. The molecule has 0 aromatic heterocycles. The molecule has 2 aromatic rings. The standard InChI is InChI=1S/C19H14ClIN2O4S/c1-26-15-8-10(14(21)9-16(15)27-2)7-13-17(24)22-19(28)23(18(13)25)12-5-3-11(20)4-6-12/h3-9H,1-2H3,(H,22,24,28)/b13-7+. The van der Waals surface area contributed by atoms with Crippen LogP contribution in [0.3, 0.4) is 0 Å². The van der Waals surface area contributed by atoms with E-state index in [0.29, 0.717) is 27.8 Å². The van der Waals surface area contributed by atoms with Crippen LogP contribution in [0.5, 0.6) is 11.5 Å². The molecule has 1 saturated heterocycles. The van der Waals surface area contributed by atoms with E-state index in [9.17, 15) is 9.59 Å². The quantitative estimate of drug-likeness (QED) is 0.283. The Labute approximate surface area is 185 Å². The second-order valence-corrected chi connectivity index (χ2v) is 7.65. The van der Waals surface area contributed by atoms with Gasteiger partial charge in [-0.2, -0.15) is 0 Å². The third kappa shape index (κ3) is 3.98. The van der Waals surface area contributed by atoms with Gasteiger partial charge in [-0.25, -0.2) is 0 Å². The average molecular weight is 529 g/mol. The van der Waals surface area contributed by atoms with Crippen LogP contribution in [0.4, 0.5) is 5.69 Å². The fourth-order valence-electron chi connectivity index (χ4n) is 2.62. The van der Waals surface area contributed by atoms with Crippen molar-refractivity contribution < 1.29 is 19.1 Å². The van der Waals surface area contributed by atoms with Crippen LogP contribution in [-0.2, 0) is 9.59 Å². The van der Waals surface area contributed by atoms with Gasteiger partial charge in [-0.1, -0.05) is 11.6 Å². The number of thiocarbonyl (C=S) groups is 1. The second-order valence-electron chi connectivity index (χ2n) is 5.66. The number of hydrogen-bond donors (Lipinski definition) is 1. The minimum atomic E-state index is -0.564. The van der Waals surface area contributed by atoms with Gasteiger partial charge in [0.15, 0.2) is 16.6 Å². The number of carbonyl (C=O) groups excluding carboxylic acids is 2. The molecular weight excluding hydrogens is 515 g/mol.